The molecule has 4 rings (SSSR count). The molecule has 29 heavy (non-hydrogen) atoms. The van der Waals surface area contributed by atoms with Gasteiger partial charge >= 0.3 is 0 Å². The molecule has 0 saturated carbocycles. The number of para-hydroxylation sites is 2. The summed E-state index contributed by atoms with van der Waals surface area (Å²) in [4.78, 5) is 4.61. The number of hydrogen-bond donors (Lipinski definition) is 1. The van der Waals surface area contributed by atoms with Gasteiger partial charge < -0.3 is 9.30 Å². The minimum atomic E-state index is 0.541. The van der Waals surface area contributed by atoms with Crippen LogP contribution >= 0.6 is 0 Å². The highest BCUT2D eigenvalue weighted by atomic mass is 16.5. The Kier molecular flexibility index (Phi) is 5.56. The Balaban J connectivity index is 1.42. The molecule has 3 aromatic carbocycles. The number of fused-ring (bicyclic) bond motifs is 1. The molecule has 0 amide bonds. The molecule has 1 heterocycles. The molecule has 146 valence electrons. The van der Waals surface area contributed by atoms with E-state index < -0.39 is 0 Å². The van der Waals surface area contributed by atoms with E-state index in [1.165, 1.54) is 5.56 Å². The summed E-state index contributed by atoms with van der Waals surface area (Å²) >= 11 is 0. The lowest BCUT2D eigenvalue weighted by atomic mass is 10.2. The summed E-state index contributed by atoms with van der Waals surface area (Å²) < 4.78 is 8.02. The van der Waals surface area contributed by atoms with E-state index in [1.807, 2.05) is 42.5 Å². The SMILES string of the molecule is CCn1c(N/N=C\c2cccc(OCc3ccc(C)cc3)c2)nc2ccccc21. The van der Waals surface area contributed by atoms with Crippen LogP contribution in [0.2, 0.25) is 0 Å². The Hall–Kier alpha value is -3.60. The van der Waals surface area contributed by atoms with Crippen molar-refractivity contribution >= 4 is 23.2 Å². The van der Waals surface area contributed by atoms with Gasteiger partial charge in [-0.15, -0.1) is 0 Å². The van der Waals surface area contributed by atoms with Crippen LogP contribution in [-0.4, -0.2) is 15.8 Å². The maximum absolute atomic E-state index is 5.92. The zero-order valence-corrected chi connectivity index (χ0v) is 16.7. The molecule has 0 saturated heterocycles. The first kappa shape index (κ1) is 18.7. The number of hydrogen-bond acceptors (Lipinski definition) is 4. The third-order valence-corrected chi connectivity index (χ3v) is 4.73. The van der Waals surface area contributed by atoms with Crippen molar-refractivity contribution in [1.29, 1.82) is 0 Å². The number of rotatable bonds is 7. The van der Waals surface area contributed by atoms with Gasteiger partial charge in [-0.3, -0.25) is 0 Å². The van der Waals surface area contributed by atoms with Crippen molar-refractivity contribution in [3.8, 4) is 5.75 Å². The lowest BCUT2D eigenvalue weighted by molar-refractivity contribution is 0.306. The molecule has 1 aromatic heterocycles. The zero-order chi connectivity index (χ0) is 20.1. The number of anilines is 1. The summed E-state index contributed by atoms with van der Waals surface area (Å²) in [5.74, 6) is 1.55. The van der Waals surface area contributed by atoms with E-state index in [9.17, 15) is 0 Å². The molecule has 5 heteroatoms. The molecule has 5 nitrogen and oxygen atoms in total. The van der Waals surface area contributed by atoms with Crippen molar-refractivity contribution < 1.29 is 4.74 Å². The maximum atomic E-state index is 5.92. The number of ether oxygens (including phenoxy) is 1. The molecule has 4 aromatic rings. The summed E-state index contributed by atoms with van der Waals surface area (Å²) in [5, 5.41) is 4.37. The monoisotopic (exact) mass is 384 g/mol. The van der Waals surface area contributed by atoms with Gasteiger partial charge in [0, 0.05) is 6.54 Å². The number of aryl methyl sites for hydroxylation is 2. The predicted octanol–water partition coefficient (Wildman–Crippen LogP) is 5.39. The van der Waals surface area contributed by atoms with Crippen LogP contribution in [0.1, 0.15) is 23.6 Å². The molecule has 0 fully saturated rings. The van der Waals surface area contributed by atoms with E-state index >= 15 is 0 Å². The molecule has 0 radical (unpaired) electrons. The largest absolute Gasteiger partial charge is 0.489 e. The molecule has 0 spiro atoms. The molecule has 0 aliphatic carbocycles. The number of benzene rings is 3. The van der Waals surface area contributed by atoms with Crippen LogP contribution in [0.4, 0.5) is 5.95 Å². The predicted molar refractivity (Wildman–Crippen MR) is 119 cm³/mol. The van der Waals surface area contributed by atoms with Gasteiger partial charge in [-0.2, -0.15) is 5.10 Å². The first-order valence-corrected chi connectivity index (χ1v) is 9.75. The van der Waals surface area contributed by atoms with Gasteiger partial charge in [-0.05, 0) is 49.2 Å². The van der Waals surface area contributed by atoms with E-state index in [2.05, 4.69) is 64.3 Å². The molecule has 0 atom stereocenters. The van der Waals surface area contributed by atoms with Crippen LogP contribution in [0.5, 0.6) is 5.75 Å². The molecule has 0 aliphatic rings. The number of nitrogens with one attached hydrogen (secondary N) is 1. The van der Waals surface area contributed by atoms with Gasteiger partial charge in [-0.25, -0.2) is 10.4 Å². The fourth-order valence-corrected chi connectivity index (χ4v) is 3.18. The minimum Gasteiger partial charge on any atom is -0.489 e. The highest BCUT2D eigenvalue weighted by molar-refractivity contribution is 5.81. The molecule has 0 aliphatic heterocycles. The van der Waals surface area contributed by atoms with Crippen molar-refractivity contribution in [3.63, 3.8) is 0 Å². The number of nitrogens with zero attached hydrogens (tertiary/aromatic N) is 3. The fourth-order valence-electron chi connectivity index (χ4n) is 3.18. The molecular formula is C24H24N4O. The summed E-state index contributed by atoms with van der Waals surface area (Å²) in [7, 11) is 0. The summed E-state index contributed by atoms with van der Waals surface area (Å²) in [6, 6.07) is 24.3. The molecule has 1 N–H and O–H groups in total. The van der Waals surface area contributed by atoms with E-state index in [0.29, 0.717) is 6.61 Å². The second-order valence-corrected chi connectivity index (χ2v) is 6.89. The van der Waals surface area contributed by atoms with Gasteiger partial charge in [0.15, 0.2) is 0 Å². The summed E-state index contributed by atoms with van der Waals surface area (Å²) in [6.07, 6.45) is 1.78. The van der Waals surface area contributed by atoms with Crippen molar-refractivity contribution in [2.45, 2.75) is 27.0 Å². The van der Waals surface area contributed by atoms with E-state index in [-0.39, 0.29) is 0 Å². The van der Waals surface area contributed by atoms with E-state index in [1.54, 1.807) is 6.21 Å². The maximum Gasteiger partial charge on any atom is 0.224 e. The third kappa shape index (κ3) is 4.46. The van der Waals surface area contributed by atoms with Crippen LogP contribution in [0.25, 0.3) is 11.0 Å². The number of hydrazone groups is 1. The lowest BCUT2D eigenvalue weighted by Crippen LogP contribution is -2.02. The Bertz CT molecular complexity index is 1130. The number of imidazole rings is 1. The quantitative estimate of drug-likeness (QED) is 0.343. The van der Waals surface area contributed by atoms with Gasteiger partial charge in [0.25, 0.3) is 0 Å². The molecule has 0 bridgehead atoms. The second-order valence-electron chi connectivity index (χ2n) is 6.89. The first-order valence-electron chi connectivity index (χ1n) is 9.75. The lowest BCUT2D eigenvalue weighted by Gasteiger charge is -2.07. The van der Waals surface area contributed by atoms with Crippen LogP contribution in [-0.2, 0) is 13.2 Å². The fraction of sp³-hybridized carbons (Fsp3) is 0.167. The highest BCUT2D eigenvalue weighted by Crippen LogP contribution is 2.19. The van der Waals surface area contributed by atoms with Crippen molar-refractivity contribution in [3.05, 3.63) is 89.5 Å². The van der Waals surface area contributed by atoms with E-state index in [0.717, 1.165) is 40.4 Å². The van der Waals surface area contributed by atoms with Crippen LogP contribution in [0.3, 0.4) is 0 Å². The summed E-state index contributed by atoms with van der Waals surface area (Å²) in [5.41, 5.74) is 8.47. The van der Waals surface area contributed by atoms with Gasteiger partial charge in [0.05, 0.1) is 17.2 Å². The van der Waals surface area contributed by atoms with Gasteiger partial charge in [-0.1, -0.05) is 54.1 Å². The minimum absolute atomic E-state index is 0.541. The smallest absolute Gasteiger partial charge is 0.224 e. The van der Waals surface area contributed by atoms with Crippen molar-refractivity contribution in [2.75, 3.05) is 5.43 Å². The van der Waals surface area contributed by atoms with Crippen molar-refractivity contribution in [1.82, 2.24) is 9.55 Å². The van der Waals surface area contributed by atoms with Crippen LogP contribution < -0.4 is 10.2 Å². The van der Waals surface area contributed by atoms with Crippen LogP contribution in [0.15, 0.2) is 77.9 Å². The number of aromatic nitrogens is 2. The molecular weight excluding hydrogens is 360 g/mol. The second kappa shape index (κ2) is 8.61. The van der Waals surface area contributed by atoms with Crippen LogP contribution in [0, 0.1) is 6.92 Å². The normalized spacial score (nSPS) is 11.2. The Morgan fingerprint density at radius 2 is 1.86 bits per heavy atom. The van der Waals surface area contributed by atoms with Crippen molar-refractivity contribution in [2.24, 2.45) is 5.10 Å². The average Bonchev–Trinajstić information content (AvgIpc) is 3.11. The third-order valence-electron chi connectivity index (χ3n) is 4.73. The van der Waals surface area contributed by atoms with Gasteiger partial charge in [0.1, 0.15) is 12.4 Å². The van der Waals surface area contributed by atoms with E-state index in [4.69, 9.17) is 4.74 Å². The Labute approximate surface area is 170 Å². The Morgan fingerprint density at radius 3 is 2.69 bits per heavy atom. The zero-order valence-electron chi connectivity index (χ0n) is 16.7. The average molecular weight is 384 g/mol. The van der Waals surface area contributed by atoms with Gasteiger partial charge in [0.2, 0.25) is 5.95 Å². The molecule has 0 unspecified atom stereocenters. The topological polar surface area (TPSA) is 51.4 Å². The summed E-state index contributed by atoms with van der Waals surface area (Å²) in [6.45, 7) is 5.54. The standard InChI is InChI=1S/C24H24N4O/c1-3-28-23-10-5-4-9-22(23)26-24(28)27-25-16-20-7-6-8-21(15-20)29-17-19-13-11-18(2)12-14-19/h4-16H,3,17H2,1-2H3,(H,26,27)/b25-16-. The first-order chi connectivity index (χ1) is 14.2. The Morgan fingerprint density at radius 1 is 1.03 bits per heavy atom. The highest BCUT2D eigenvalue weighted by Gasteiger charge is 2.07.